The van der Waals surface area contributed by atoms with Crippen LogP contribution in [0.1, 0.15) is 9.67 Å². The van der Waals surface area contributed by atoms with Crippen LogP contribution in [-0.2, 0) is 4.79 Å². The topological polar surface area (TPSA) is 75.6 Å². The van der Waals surface area contributed by atoms with Gasteiger partial charge in [0.2, 0.25) is 0 Å². The predicted octanol–water partition coefficient (Wildman–Crippen LogP) is 3.99. The van der Waals surface area contributed by atoms with Crippen molar-refractivity contribution in [2.75, 3.05) is 11.9 Å². The number of thiophene rings is 1. The summed E-state index contributed by atoms with van der Waals surface area (Å²) in [5, 5.41) is 13.2. The molecule has 0 unspecified atom stereocenters. The highest BCUT2D eigenvalue weighted by Gasteiger charge is 2.14. The lowest BCUT2D eigenvalue weighted by atomic mass is 10.3. The minimum atomic E-state index is -1.07. The van der Waals surface area contributed by atoms with Gasteiger partial charge < -0.3 is 15.2 Å². The quantitative estimate of drug-likeness (QED) is 0.745. The number of carbonyl (C=O) groups excluding carboxylic acids is 1. The van der Waals surface area contributed by atoms with Crippen molar-refractivity contribution in [3.8, 4) is 5.75 Å². The number of ether oxygens (including phenoxy) is 1. The zero-order chi connectivity index (χ0) is 15.4. The number of aromatic carboxylic acids is 1. The molecule has 0 saturated carbocycles. The molecule has 0 aliphatic rings. The van der Waals surface area contributed by atoms with Gasteiger partial charge in [0.1, 0.15) is 5.75 Å². The number of hydrogen-bond donors (Lipinski definition) is 2. The Morgan fingerprint density at radius 1 is 1.29 bits per heavy atom. The average molecular weight is 435 g/mol. The van der Waals surface area contributed by atoms with E-state index in [-0.39, 0.29) is 23.1 Å². The van der Waals surface area contributed by atoms with E-state index in [1.54, 1.807) is 23.6 Å². The number of carboxylic acids is 1. The van der Waals surface area contributed by atoms with Gasteiger partial charge in [-0.25, -0.2) is 4.79 Å². The summed E-state index contributed by atoms with van der Waals surface area (Å²) in [6.45, 7) is -0.264. The third-order valence-electron chi connectivity index (χ3n) is 2.39. The molecule has 0 aliphatic heterocycles. The number of hydrogen-bond acceptors (Lipinski definition) is 4. The molecule has 0 radical (unpaired) electrons. The van der Waals surface area contributed by atoms with Crippen molar-refractivity contribution < 1.29 is 19.4 Å². The lowest BCUT2D eigenvalue weighted by Crippen LogP contribution is -2.20. The summed E-state index contributed by atoms with van der Waals surface area (Å²) < 4.78 is 6.84. The molecule has 1 aromatic carbocycles. The Kier molecular flexibility index (Phi) is 5.38. The molecule has 1 amide bonds. The Bertz CT molecular complexity index is 687. The maximum Gasteiger partial charge on any atom is 0.349 e. The molecular weight excluding hydrogens is 426 g/mol. The Morgan fingerprint density at radius 3 is 2.71 bits per heavy atom. The van der Waals surface area contributed by atoms with E-state index in [1.807, 2.05) is 0 Å². The van der Waals surface area contributed by atoms with Crippen LogP contribution in [0.2, 0.25) is 0 Å². The number of rotatable bonds is 5. The maximum absolute atomic E-state index is 11.8. The summed E-state index contributed by atoms with van der Waals surface area (Å²) in [6.07, 6.45) is 0. The molecule has 2 aromatic rings. The molecule has 0 saturated heterocycles. The normalized spacial score (nSPS) is 10.2. The molecular formula is C13H9Br2NO4S. The lowest BCUT2D eigenvalue weighted by molar-refractivity contribution is -0.118. The smallest absolute Gasteiger partial charge is 0.349 e. The number of carboxylic acid groups (broad SMARTS) is 1. The van der Waals surface area contributed by atoms with Crippen molar-refractivity contribution in [2.45, 2.75) is 0 Å². The number of nitrogens with one attached hydrogen (secondary N) is 1. The van der Waals surface area contributed by atoms with Gasteiger partial charge >= 0.3 is 5.97 Å². The Morgan fingerprint density at radius 2 is 2.05 bits per heavy atom. The second-order valence-electron chi connectivity index (χ2n) is 3.88. The van der Waals surface area contributed by atoms with Crippen molar-refractivity contribution in [1.29, 1.82) is 0 Å². The van der Waals surface area contributed by atoms with Crippen LogP contribution in [-0.4, -0.2) is 23.6 Å². The third-order valence-corrected chi connectivity index (χ3v) is 4.42. The van der Waals surface area contributed by atoms with E-state index >= 15 is 0 Å². The van der Waals surface area contributed by atoms with Crippen LogP contribution in [0, 0.1) is 0 Å². The van der Waals surface area contributed by atoms with E-state index in [1.165, 1.54) is 6.07 Å². The van der Waals surface area contributed by atoms with Crippen LogP contribution in [0.4, 0.5) is 5.69 Å². The Hall–Kier alpha value is -1.38. The molecule has 1 aromatic heterocycles. The minimum Gasteiger partial charge on any atom is -0.482 e. The van der Waals surface area contributed by atoms with E-state index in [0.717, 1.165) is 20.3 Å². The summed E-state index contributed by atoms with van der Waals surface area (Å²) in [4.78, 5) is 22.8. The minimum absolute atomic E-state index is 0.0765. The molecule has 21 heavy (non-hydrogen) atoms. The van der Waals surface area contributed by atoms with E-state index in [9.17, 15) is 9.59 Å². The second-order valence-corrected chi connectivity index (χ2v) is 6.57. The van der Waals surface area contributed by atoms with Gasteiger partial charge in [-0.2, -0.15) is 0 Å². The highest BCUT2D eigenvalue weighted by Crippen LogP contribution is 2.27. The average Bonchev–Trinajstić information content (AvgIpc) is 2.88. The van der Waals surface area contributed by atoms with Gasteiger partial charge in [0.25, 0.3) is 5.91 Å². The van der Waals surface area contributed by atoms with Crippen LogP contribution in [0.15, 0.2) is 38.6 Å². The van der Waals surface area contributed by atoms with Gasteiger partial charge in [-0.15, -0.1) is 11.3 Å². The largest absolute Gasteiger partial charge is 0.482 e. The van der Waals surface area contributed by atoms with Crippen molar-refractivity contribution in [3.63, 3.8) is 0 Å². The number of halogens is 2. The summed E-state index contributed by atoms with van der Waals surface area (Å²) in [6, 6.07) is 6.86. The van der Waals surface area contributed by atoms with Crippen molar-refractivity contribution in [3.05, 3.63) is 43.5 Å². The van der Waals surface area contributed by atoms with Gasteiger partial charge in [0.15, 0.2) is 11.5 Å². The van der Waals surface area contributed by atoms with E-state index in [0.29, 0.717) is 5.69 Å². The fraction of sp³-hybridized carbons (Fsp3) is 0.0769. The number of anilines is 1. The SMILES string of the molecule is O=C(COc1ccsc1C(=O)O)Nc1ccc(Br)cc1Br. The van der Waals surface area contributed by atoms with Crippen LogP contribution in [0.3, 0.4) is 0 Å². The summed E-state index contributed by atoms with van der Waals surface area (Å²) in [5.74, 6) is -1.26. The zero-order valence-electron chi connectivity index (χ0n) is 10.4. The highest BCUT2D eigenvalue weighted by atomic mass is 79.9. The van der Waals surface area contributed by atoms with E-state index in [2.05, 4.69) is 37.2 Å². The molecule has 2 rings (SSSR count). The van der Waals surface area contributed by atoms with Crippen molar-refractivity contribution in [2.24, 2.45) is 0 Å². The van der Waals surface area contributed by atoms with Crippen molar-refractivity contribution in [1.82, 2.24) is 0 Å². The maximum atomic E-state index is 11.8. The molecule has 0 spiro atoms. The zero-order valence-corrected chi connectivity index (χ0v) is 14.4. The lowest BCUT2D eigenvalue weighted by Gasteiger charge is -2.09. The van der Waals surface area contributed by atoms with Gasteiger partial charge in [0.05, 0.1) is 5.69 Å². The molecule has 1 heterocycles. The first-order chi connectivity index (χ1) is 9.97. The third kappa shape index (κ3) is 4.29. The first kappa shape index (κ1) is 16.0. The monoisotopic (exact) mass is 433 g/mol. The first-order valence-corrected chi connectivity index (χ1v) is 8.12. The first-order valence-electron chi connectivity index (χ1n) is 5.66. The Balaban J connectivity index is 1.96. The fourth-order valence-electron chi connectivity index (χ4n) is 1.49. The van der Waals surface area contributed by atoms with Gasteiger partial charge in [-0.05, 0) is 45.6 Å². The second kappa shape index (κ2) is 7.06. The number of benzene rings is 1. The molecule has 0 atom stereocenters. The summed E-state index contributed by atoms with van der Waals surface area (Å²) in [7, 11) is 0. The molecule has 0 bridgehead atoms. The molecule has 2 N–H and O–H groups in total. The highest BCUT2D eigenvalue weighted by molar-refractivity contribution is 9.11. The van der Waals surface area contributed by atoms with Crippen LogP contribution in [0.5, 0.6) is 5.75 Å². The molecule has 5 nitrogen and oxygen atoms in total. The standard InChI is InChI=1S/C13H9Br2NO4S/c14-7-1-2-9(8(15)5-7)16-11(17)6-20-10-3-4-21-12(10)13(18)19/h1-5H,6H2,(H,16,17)(H,18,19). The van der Waals surface area contributed by atoms with Crippen LogP contribution in [0.25, 0.3) is 0 Å². The molecule has 110 valence electrons. The molecule has 8 heteroatoms. The number of carbonyl (C=O) groups is 2. The van der Waals surface area contributed by atoms with E-state index < -0.39 is 5.97 Å². The Labute approximate surface area is 141 Å². The van der Waals surface area contributed by atoms with Gasteiger partial charge in [0, 0.05) is 8.95 Å². The number of amides is 1. The van der Waals surface area contributed by atoms with Crippen LogP contribution < -0.4 is 10.1 Å². The van der Waals surface area contributed by atoms with Crippen LogP contribution >= 0.6 is 43.2 Å². The summed E-state index contributed by atoms with van der Waals surface area (Å²) >= 11 is 7.70. The van der Waals surface area contributed by atoms with Gasteiger partial charge in [-0.3, -0.25) is 4.79 Å². The molecule has 0 aliphatic carbocycles. The van der Waals surface area contributed by atoms with Crippen molar-refractivity contribution >= 4 is 60.8 Å². The molecule has 0 fully saturated rings. The summed E-state index contributed by atoms with van der Waals surface area (Å²) in [5.41, 5.74) is 0.607. The van der Waals surface area contributed by atoms with Gasteiger partial charge in [-0.1, -0.05) is 15.9 Å². The fourth-order valence-corrected chi connectivity index (χ4v) is 3.31. The predicted molar refractivity (Wildman–Crippen MR) is 87.2 cm³/mol. The van der Waals surface area contributed by atoms with E-state index in [4.69, 9.17) is 9.84 Å².